The smallest absolute Gasteiger partial charge is 0.334 e. The van der Waals surface area contributed by atoms with E-state index in [4.69, 9.17) is 9.84 Å². The number of aryl methyl sites for hydroxylation is 1. The van der Waals surface area contributed by atoms with Crippen molar-refractivity contribution in [2.75, 3.05) is 19.7 Å². The lowest BCUT2D eigenvalue weighted by atomic mass is 10.1. The minimum atomic E-state index is -0.949. The number of aliphatic carboxylic acids is 1. The molecule has 1 saturated heterocycles. The average Bonchev–Trinajstić information content (AvgIpc) is 2.34. The lowest BCUT2D eigenvalue weighted by molar-refractivity contribution is -0.156. The summed E-state index contributed by atoms with van der Waals surface area (Å²) < 4.78 is 18.5. The summed E-state index contributed by atoms with van der Waals surface area (Å²) in [5, 5.41) is 8.89. The Hall–Kier alpha value is -1.46. The minimum Gasteiger partial charge on any atom is -0.479 e. The summed E-state index contributed by atoms with van der Waals surface area (Å²) in [5.41, 5.74) is 1.47. The van der Waals surface area contributed by atoms with Crippen LogP contribution in [0.3, 0.4) is 0 Å². The van der Waals surface area contributed by atoms with Crippen LogP contribution >= 0.6 is 0 Å². The van der Waals surface area contributed by atoms with Crippen molar-refractivity contribution in [1.29, 1.82) is 0 Å². The quantitative estimate of drug-likeness (QED) is 0.885. The Bertz CT molecular complexity index is 450. The summed E-state index contributed by atoms with van der Waals surface area (Å²) in [7, 11) is 0. The second-order valence-electron chi connectivity index (χ2n) is 4.52. The molecular weight excluding hydrogens is 237 g/mol. The lowest BCUT2D eigenvalue weighted by Gasteiger charge is -2.30. The first kappa shape index (κ1) is 13.0. The van der Waals surface area contributed by atoms with Crippen LogP contribution in [0.5, 0.6) is 0 Å². The summed E-state index contributed by atoms with van der Waals surface area (Å²) >= 11 is 0. The summed E-state index contributed by atoms with van der Waals surface area (Å²) in [4.78, 5) is 12.8. The first-order chi connectivity index (χ1) is 8.56. The van der Waals surface area contributed by atoms with Crippen molar-refractivity contribution in [2.24, 2.45) is 0 Å². The molecule has 2 rings (SSSR count). The number of morpholine rings is 1. The van der Waals surface area contributed by atoms with E-state index in [1.165, 1.54) is 6.07 Å². The summed E-state index contributed by atoms with van der Waals surface area (Å²) in [5.74, 6) is -1.18. The van der Waals surface area contributed by atoms with Crippen LogP contribution < -0.4 is 0 Å². The number of carboxylic acids is 1. The van der Waals surface area contributed by atoms with Gasteiger partial charge in [-0.25, -0.2) is 9.18 Å². The highest BCUT2D eigenvalue weighted by molar-refractivity contribution is 5.72. The van der Waals surface area contributed by atoms with Gasteiger partial charge in [0.25, 0.3) is 0 Å². The van der Waals surface area contributed by atoms with Crippen LogP contribution in [0, 0.1) is 12.7 Å². The fraction of sp³-hybridized carbons (Fsp3) is 0.462. The number of nitrogens with zero attached hydrogens (tertiary/aromatic N) is 1. The van der Waals surface area contributed by atoms with Crippen molar-refractivity contribution in [3.8, 4) is 0 Å². The predicted molar refractivity (Wildman–Crippen MR) is 63.8 cm³/mol. The summed E-state index contributed by atoms with van der Waals surface area (Å²) in [6, 6.07) is 5.10. The zero-order chi connectivity index (χ0) is 13.1. The Morgan fingerprint density at radius 2 is 2.39 bits per heavy atom. The fourth-order valence-electron chi connectivity index (χ4n) is 1.99. The number of benzene rings is 1. The molecular formula is C13H16FNO3. The Morgan fingerprint density at radius 3 is 3.06 bits per heavy atom. The SMILES string of the molecule is Cc1ccc(CN2CCOC(C(=O)O)C2)cc1F. The normalized spacial score (nSPS) is 20.9. The third-order valence-corrected chi connectivity index (χ3v) is 3.07. The van der Waals surface area contributed by atoms with Gasteiger partial charge in [0.15, 0.2) is 6.10 Å². The Kier molecular flexibility index (Phi) is 3.93. The molecule has 1 heterocycles. The second-order valence-corrected chi connectivity index (χ2v) is 4.52. The molecule has 5 heteroatoms. The Morgan fingerprint density at radius 1 is 1.61 bits per heavy atom. The van der Waals surface area contributed by atoms with Gasteiger partial charge in [0.05, 0.1) is 6.61 Å². The van der Waals surface area contributed by atoms with E-state index in [-0.39, 0.29) is 5.82 Å². The van der Waals surface area contributed by atoms with Gasteiger partial charge in [-0.2, -0.15) is 0 Å². The lowest BCUT2D eigenvalue weighted by Crippen LogP contribution is -2.45. The Balaban J connectivity index is 2.00. The van der Waals surface area contributed by atoms with Gasteiger partial charge >= 0.3 is 5.97 Å². The predicted octanol–water partition coefficient (Wildman–Crippen LogP) is 1.42. The van der Waals surface area contributed by atoms with Crippen molar-refractivity contribution in [1.82, 2.24) is 4.90 Å². The zero-order valence-corrected chi connectivity index (χ0v) is 10.2. The van der Waals surface area contributed by atoms with Crippen LogP contribution in [-0.4, -0.2) is 41.8 Å². The van der Waals surface area contributed by atoms with Gasteiger partial charge in [-0.3, -0.25) is 4.90 Å². The van der Waals surface area contributed by atoms with Gasteiger partial charge in [-0.1, -0.05) is 12.1 Å². The molecule has 0 saturated carbocycles. The molecule has 0 amide bonds. The van der Waals surface area contributed by atoms with Crippen LogP contribution in [0.4, 0.5) is 4.39 Å². The van der Waals surface area contributed by atoms with Crippen molar-refractivity contribution >= 4 is 5.97 Å². The van der Waals surface area contributed by atoms with Gasteiger partial charge in [0.2, 0.25) is 0 Å². The van der Waals surface area contributed by atoms with Gasteiger partial charge in [0.1, 0.15) is 5.82 Å². The number of ether oxygens (including phenoxy) is 1. The Labute approximate surface area is 105 Å². The van der Waals surface area contributed by atoms with Crippen molar-refractivity contribution in [3.05, 3.63) is 35.1 Å². The fourth-order valence-corrected chi connectivity index (χ4v) is 1.99. The summed E-state index contributed by atoms with van der Waals surface area (Å²) in [6.45, 7) is 3.66. The third kappa shape index (κ3) is 3.05. The molecule has 1 aliphatic heterocycles. The topological polar surface area (TPSA) is 49.8 Å². The van der Waals surface area contributed by atoms with Gasteiger partial charge < -0.3 is 9.84 Å². The molecule has 18 heavy (non-hydrogen) atoms. The van der Waals surface area contributed by atoms with E-state index >= 15 is 0 Å². The van der Waals surface area contributed by atoms with Crippen molar-refractivity contribution in [2.45, 2.75) is 19.6 Å². The standard InChI is InChI=1S/C13H16FNO3/c1-9-2-3-10(6-11(9)14)7-15-4-5-18-12(8-15)13(16)17/h2-3,6,12H,4-5,7-8H2,1H3,(H,16,17). The van der Waals surface area contributed by atoms with Crippen LogP contribution in [0.15, 0.2) is 18.2 Å². The maximum atomic E-state index is 13.4. The first-order valence-electron chi connectivity index (χ1n) is 5.88. The third-order valence-electron chi connectivity index (χ3n) is 3.07. The molecule has 1 aliphatic rings. The molecule has 0 aromatic heterocycles. The molecule has 0 radical (unpaired) electrons. The zero-order valence-electron chi connectivity index (χ0n) is 10.2. The molecule has 4 nitrogen and oxygen atoms in total. The van der Waals surface area contributed by atoms with Gasteiger partial charge in [-0.15, -0.1) is 0 Å². The number of carbonyl (C=O) groups is 1. The number of halogens is 1. The monoisotopic (exact) mass is 253 g/mol. The van der Waals surface area contributed by atoms with E-state index in [1.807, 2.05) is 11.0 Å². The van der Waals surface area contributed by atoms with E-state index in [1.54, 1.807) is 13.0 Å². The molecule has 1 unspecified atom stereocenters. The molecule has 1 aromatic rings. The molecule has 98 valence electrons. The van der Waals surface area contributed by atoms with E-state index in [2.05, 4.69) is 0 Å². The molecule has 1 aromatic carbocycles. The molecule has 0 aliphatic carbocycles. The number of hydrogen-bond donors (Lipinski definition) is 1. The van der Waals surface area contributed by atoms with E-state index in [0.29, 0.717) is 31.8 Å². The van der Waals surface area contributed by atoms with Gasteiger partial charge in [0, 0.05) is 19.6 Å². The van der Waals surface area contributed by atoms with Crippen molar-refractivity contribution in [3.63, 3.8) is 0 Å². The highest BCUT2D eigenvalue weighted by Crippen LogP contribution is 2.14. The molecule has 0 spiro atoms. The largest absolute Gasteiger partial charge is 0.479 e. The second kappa shape index (κ2) is 5.46. The van der Waals surface area contributed by atoms with E-state index in [9.17, 15) is 9.18 Å². The van der Waals surface area contributed by atoms with Crippen LogP contribution in [0.2, 0.25) is 0 Å². The molecule has 1 atom stereocenters. The number of carboxylic acid groups (broad SMARTS) is 1. The van der Waals surface area contributed by atoms with E-state index in [0.717, 1.165) is 5.56 Å². The summed E-state index contributed by atoms with van der Waals surface area (Å²) in [6.07, 6.45) is -0.783. The maximum Gasteiger partial charge on any atom is 0.334 e. The number of rotatable bonds is 3. The van der Waals surface area contributed by atoms with Crippen LogP contribution in [0.25, 0.3) is 0 Å². The first-order valence-corrected chi connectivity index (χ1v) is 5.88. The molecule has 1 fully saturated rings. The highest BCUT2D eigenvalue weighted by Gasteiger charge is 2.26. The van der Waals surface area contributed by atoms with Crippen molar-refractivity contribution < 1.29 is 19.0 Å². The van der Waals surface area contributed by atoms with Crippen LogP contribution in [0.1, 0.15) is 11.1 Å². The number of hydrogen-bond acceptors (Lipinski definition) is 3. The van der Waals surface area contributed by atoms with Gasteiger partial charge in [-0.05, 0) is 24.1 Å². The molecule has 1 N–H and O–H groups in total. The molecule has 0 bridgehead atoms. The van der Waals surface area contributed by atoms with Crippen LogP contribution in [-0.2, 0) is 16.1 Å². The minimum absolute atomic E-state index is 0.226. The average molecular weight is 253 g/mol. The van der Waals surface area contributed by atoms with E-state index < -0.39 is 12.1 Å². The highest BCUT2D eigenvalue weighted by atomic mass is 19.1. The maximum absolute atomic E-state index is 13.4.